The molecule has 0 amide bonds. The molecule has 152 valence electrons. The molecule has 0 aliphatic carbocycles. The normalized spacial score (nSPS) is 11.0. The van der Waals surface area contributed by atoms with E-state index in [4.69, 9.17) is 4.74 Å². The number of pyridine rings is 1. The van der Waals surface area contributed by atoms with Gasteiger partial charge in [0.05, 0.1) is 17.6 Å². The molecule has 7 heteroatoms. The van der Waals surface area contributed by atoms with Gasteiger partial charge in [-0.05, 0) is 50.2 Å². The number of hydrogen-bond donors (Lipinski definition) is 3. The van der Waals surface area contributed by atoms with Crippen molar-refractivity contribution in [3.63, 3.8) is 0 Å². The van der Waals surface area contributed by atoms with Gasteiger partial charge in [0.25, 0.3) is 0 Å². The number of nitrogens with zero attached hydrogens (tertiary/aromatic N) is 3. The third-order valence-corrected chi connectivity index (χ3v) is 4.02. The smallest absolute Gasteiger partial charge is 0.215 e. The van der Waals surface area contributed by atoms with E-state index >= 15 is 0 Å². The first-order chi connectivity index (χ1) is 13.7. The number of likely N-dealkylation sites (N-methyl/N-ethyl adjacent to an activating group) is 1. The summed E-state index contributed by atoms with van der Waals surface area (Å²) in [5, 5.41) is 16.7. The molecule has 0 spiro atoms. The molecule has 1 heterocycles. The molecule has 1 aromatic heterocycles. The standard InChI is InChI=1S/C21H31N5O2/c1-4-11-26(12-5-2)19-14-18(24-21(15-19)28-13-10-22-3)16-23-25-17-6-8-20(27)9-7-17/h6-9,14-16,22,25,27H,4-5,10-13H2,1-3H3/b23-16+. The number of hydrogen-bond acceptors (Lipinski definition) is 7. The van der Waals surface area contributed by atoms with Gasteiger partial charge in [-0.3, -0.25) is 5.43 Å². The second-order valence-corrected chi connectivity index (χ2v) is 6.44. The molecule has 0 aliphatic heterocycles. The molecule has 0 radical (unpaired) electrons. The molecule has 3 N–H and O–H groups in total. The largest absolute Gasteiger partial charge is 0.508 e. The summed E-state index contributed by atoms with van der Waals surface area (Å²) in [5.74, 6) is 0.815. The van der Waals surface area contributed by atoms with E-state index in [1.165, 1.54) is 0 Å². The first-order valence-corrected chi connectivity index (χ1v) is 9.78. The minimum Gasteiger partial charge on any atom is -0.508 e. The molecule has 0 saturated carbocycles. The molecule has 2 rings (SSSR count). The van der Waals surface area contributed by atoms with Crippen LogP contribution in [-0.4, -0.2) is 49.6 Å². The molecule has 0 atom stereocenters. The minimum absolute atomic E-state index is 0.221. The number of aromatic nitrogens is 1. The summed E-state index contributed by atoms with van der Waals surface area (Å²) in [4.78, 5) is 6.89. The molecule has 0 fully saturated rings. The van der Waals surface area contributed by atoms with Crippen LogP contribution in [0.5, 0.6) is 11.6 Å². The van der Waals surface area contributed by atoms with Crippen LogP contribution in [0.25, 0.3) is 0 Å². The van der Waals surface area contributed by atoms with Crippen LogP contribution in [0, 0.1) is 0 Å². The Morgan fingerprint density at radius 1 is 1.14 bits per heavy atom. The second kappa shape index (κ2) is 11.8. The third kappa shape index (κ3) is 7.08. The van der Waals surface area contributed by atoms with E-state index in [0.29, 0.717) is 12.5 Å². The summed E-state index contributed by atoms with van der Waals surface area (Å²) in [6.07, 6.45) is 3.82. The number of benzene rings is 1. The first-order valence-electron chi connectivity index (χ1n) is 9.78. The summed E-state index contributed by atoms with van der Waals surface area (Å²) >= 11 is 0. The predicted octanol–water partition coefficient (Wildman–Crippen LogP) is 3.46. The number of ether oxygens (including phenoxy) is 1. The Bertz CT molecular complexity index is 728. The van der Waals surface area contributed by atoms with Crippen LogP contribution in [-0.2, 0) is 0 Å². The van der Waals surface area contributed by atoms with Gasteiger partial charge >= 0.3 is 0 Å². The molecule has 1 aromatic carbocycles. The van der Waals surface area contributed by atoms with Crippen LogP contribution in [0.2, 0.25) is 0 Å². The van der Waals surface area contributed by atoms with Crippen LogP contribution >= 0.6 is 0 Å². The van der Waals surface area contributed by atoms with Gasteiger partial charge in [-0.25, -0.2) is 4.98 Å². The van der Waals surface area contributed by atoms with Crippen LogP contribution in [0.3, 0.4) is 0 Å². The van der Waals surface area contributed by atoms with Crippen molar-refractivity contribution in [1.29, 1.82) is 0 Å². The van der Waals surface area contributed by atoms with Crippen molar-refractivity contribution in [2.24, 2.45) is 5.10 Å². The number of phenols is 1. The van der Waals surface area contributed by atoms with Crippen molar-refractivity contribution in [3.8, 4) is 11.6 Å². The fourth-order valence-corrected chi connectivity index (χ4v) is 2.71. The lowest BCUT2D eigenvalue weighted by molar-refractivity contribution is 0.306. The zero-order valence-corrected chi connectivity index (χ0v) is 17.0. The topological polar surface area (TPSA) is 82.0 Å². The lowest BCUT2D eigenvalue weighted by atomic mass is 10.2. The van der Waals surface area contributed by atoms with Crippen LogP contribution in [0.1, 0.15) is 32.4 Å². The Kier molecular flexibility index (Phi) is 9.07. The number of phenolic OH excluding ortho intramolecular Hbond substituents is 1. The van der Waals surface area contributed by atoms with Gasteiger partial charge < -0.3 is 20.1 Å². The highest BCUT2D eigenvalue weighted by molar-refractivity contribution is 5.80. The number of rotatable bonds is 12. The quantitative estimate of drug-likeness (QED) is 0.225. The minimum atomic E-state index is 0.221. The first kappa shape index (κ1) is 21.5. The average molecular weight is 386 g/mol. The highest BCUT2D eigenvalue weighted by atomic mass is 16.5. The molecule has 28 heavy (non-hydrogen) atoms. The monoisotopic (exact) mass is 385 g/mol. The van der Waals surface area contributed by atoms with Crippen molar-refractivity contribution in [1.82, 2.24) is 10.3 Å². The summed E-state index contributed by atoms with van der Waals surface area (Å²) in [6, 6.07) is 10.7. The lowest BCUT2D eigenvalue weighted by Crippen LogP contribution is -2.25. The van der Waals surface area contributed by atoms with E-state index in [-0.39, 0.29) is 5.75 Å². The highest BCUT2D eigenvalue weighted by Crippen LogP contribution is 2.22. The Hall–Kier alpha value is -2.80. The average Bonchev–Trinajstić information content (AvgIpc) is 2.69. The summed E-state index contributed by atoms with van der Waals surface area (Å²) < 4.78 is 5.80. The van der Waals surface area contributed by atoms with Crippen molar-refractivity contribution >= 4 is 17.6 Å². The van der Waals surface area contributed by atoms with Gasteiger partial charge in [0, 0.05) is 31.4 Å². The summed E-state index contributed by atoms with van der Waals surface area (Å²) in [7, 11) is 1.89. The van der Waals surface area contributed by atoms with Crippen molar-refractivity contribution < 1.29 is 9.84 Å². The summed E-state index contributed by atoms with van der Waals surface area (Å²) in [5.41, 5.74) is 5.54. The van der Waals surface area contributed by atoms with E-state index in [2.05, 4.69) is 39.6 Å². The number of hydrazone groups is 1. The fourth-order valence-electron chi connectivity index (χ4n) is 2.71. The molecule has 0 saturated heterocycles. The Morgan fingerprint density at radius 3 is 2.50 bits per heavy atom. The Balaban J connectivity index is 2.19. The van der Waals surface area contributed by atoms with E-state index in [9.17, 15) is 5.11 Å². The van der Waals surface area contributed by atoms with Gasteiger partial charge in [-0.1, -0.05) is 13.8 Å². The molecule has 0 bridgehead atoms. The Morgan fingerprint density at radius 2 is 1.86 bits per heavy atom. The zero-order chi connectivity index (χ0) is 20.2. The molecule has 0 aliphatic rings. The van der Waals surface area contributed by atoms with Gasteiger partial charge in [0.2, 0.25) is 5.88 Å². The van der Waals surface area contributed by atoms with Crippen LogP contribution in [0.15, 0.2) is 41.5 Å². The Labute approximate surface area is 167 Å². The van der Waals surface area contributed by atoms with Crippen LogP contribution < -0.4 is 20.4 Å². The van der Waals surface area contributed by atoms with E-state index < -0.39 is 0 Å². The van der Waals surface area contributed by atoms with Crippen molar-refractivity contribution in [3.05, 3.63) is 42.1 Å². The number of aromatic hydroxyl groups is 1. The van der Waals surface area contributed by atoms with Crippen molar-refractivity contribution in [2.75, 3.05) is 43.6 Å². The lowest BCUT2D eigenvalue weighted by Gasteiger charge is -2.24. The molecule has 7 nitrogen and oxygen atoms in total. The zero-order valence-electron chi connectivity index (χ0n) is 17.0. The fraction of sp³-hybridized carbons (Fsp3) is 0.429. The predicted molar refractivity (Wildman–Crippen MR) is 116 cm³/mol. The summed E-state index contributed by atoms with van der Waals surface area (Å²) in [6.45, 7) is 7.63. The van der Waals surface area contributed by atoms with E-state index in [0.717, 1.165) is 49.5 Å². The SMILES string of the molecule is CCCN(CCC)c1cc(/C=N/Nc2ccc(O)cc2)nc(OCCNC)c1. The van der Waals surface area contributed by atoms with Gasteiger partial charge in [-0.15, -0.1) is 0 Å². The van der Waals surface area contributed by atoms with E-state index in [1.54, 1.807) is 30.5 Å². The highest BCUT2D eigenvalue weighted by Gasteiger charge is 2.09. The van der Waals surface area contributed by atoms with Gasteiger partial charge in [0.15, 0.2) is 0 Å². The third-order valence-electron chi connectivity index (χ3n) is 4.02. The molecule has 2 aromatic rings. The number of anilines is 2. The molecule has 0 unspecified atom stereocenters. The maximum absolute atomic E-state index is 9.35. The van der Waals surface area contributed by atoms with Crippen LogP contribution in [0.4, 0.5) is 11.4 Å². The maximum Gasteiger partial charge on any atom is 0.215 e. The second-order valence-electron chi connectivity index (χ2n) is 6.44. The maximum atomic E-state index is 9.35. The van der Waals surface area contributed by atoms with Crippen molar-refractivity contribution in [2.45, 2.75) is 26.7 Å². The number of nitrogens with one attached hydrogen (secondary N) is 2. The van der Waals surface area contributed by atoms with E-state index in [1.807, 2.05) is 19.2 Å². The van der Waals surface area contributed by atoms with Gasteiger partial charge in [-0.2, -0.15) is 5.10 Å². The van der Waals surface area contributed by atoms with Gasteiger partial charge in [0.1, 0.15) is 12.4 Å². The molecular weight excluding hydrogens is 354 g/mol. The molecular formula is C21H31N5O2.